The lowest BCUT2D eigenvalue weighted by Crippen LogP contribution is -2.45. The van der Waals surface area contributed by atoms with Crippen molar-refractivity contribution in [1.82, 2.24) is 13.9 Å². The van der Waals surface area contributed by atoms with Crippen molar-refractivity contribution in [2.75, 3.05) is 51.7 Å². The van der Waals surface area contributed by atoms with Crippen LogP contribution in [0.3, 0.4) is 0 Å². The van der Waals surface area contributed by atoms with Gasteiger partial charge in [0.1, 0.15) is 0 Å². The zero-order valence-electron chi connectivity index (χ0n) is 17.1. The van der Waals surface area contributed by atoms with E-state index in [1.54, 1.807) is 24.3 Å². The molecular formula is C19H29N3O6S2. The molecule has 11 heteroatoms. The van der Waals surface area contributed by atoms with Gasteiger partial charge in [-0.25, -0.2) is 16.8 Å². The number of carbonyl (C=O) groups excluding carboxylic acids is 1. The van der Waals surface area contributed by atoms with Crippen LogP contribution in [-0.4, -0.2) is 83.0 Å². The van der Waals surface area contributed by atoms with Crippen LogP contribution in [0.15, 0.2) is 29.2 Å². The fourth-order valence-electron chi connectivity index (χ4n) is 3.62. The quantitative estimate of drug-likeness (QED) is 0.622. The summed E-state index contributed by atoms with van der Waals surface area (Å²) in [6.07, 6.45) is 0.820. The lowest BCUT2D eigenvalue weighted by Gasteiger charge is -2.30. The molecule has 0 bridgehead atoms. The molecule has 1 amide bonds. The van der Waals surface area contributed by atoms with Crippen molar-refractivity contribution in [3.63, 3.8) is 0 Å². The molecule has 30 heavy (non-hydrogen) atoms. The summed E-state index contributed by atoms with van der Waals surface area (Å²) in [5, 5.41) is 2.70. The molecule has 2 saturated heterocycles. The fourth-order valence-corrected chi connectivity index (χ4v) is 6.41. The summed E-state index contributed by atoms with van der Waals surface area (Å²) < 4.78 is 58.1. The van der Waals surface area contributed by atoms with Crippen LogP contribution in [0.4, 0.5) is 0 Å². The molecule has 0 aromatic heterocycles. The predicted octanol–water partition coefficient (Wildman–Crippen LogP) is 0.174. The second kappa shape index (κ2) is 9.73. The number of ether oxygens (including phenoxy) is 1. The molecule has 0 radical (unpaired) electrons. The first-order chi connectivity index (χ1) is 14.2. The van der Waals surface area contributed by atoms with Crippen LogP contribution >= 0.6 is 0 Å². The Morgan fingerprint density at radius 2 is 1.60 bits per heavy atom. The molecule has 1 aromatic rings. The molecule has 2 fully saturated rings. The van der Waals surface area contributed by atoms with E-state index in [9.17, 15) is 21.6 Å². The first-order valence-corrected chi connectivity index (χ1v) is 13.2. The van der Waals surface area contributed by atoms with Crippen molar-refractivity contribution >= 4 is 26.0 Å². The Balaban J connectivity index is 1.46. The summed E-state index contributed by atoms with van der Waals surface area (Å²) in [5.74, 6) is -0.695. The topological polar surface area (TPSA) is 113 Å². The molecule has 3 rings (SSSR count). The van der Waals surface area contributed by atoms with E-state index in [1.165, 1.54) is 8.61 Å². The van der Waals surface area contributed by atoms with Crippen LogP contribution in [0, 0.1) is 12.8 Å². The Labute approximate surface area is 178 Å². The third-order valence-corrected chi connectivity index (χ3v) is 9.29. The van der Waals surface area contributed by atoms with Gasteiger partial charge >= 0.3 is 0 Å². The van der Waals surface area contributed by atoms with E-state index in [1.807, 2.05) is 6.92 Å². The van der Waals surface area contributed by atoms with Crippen molar-refractivity contribution < 1.29 is 26.4 Å². The Bertz CT molecular complexity index is 933. The molecule has 1 N–H and O–H groups in total. The van der Waals surface area contributed by atoms with Crippen LogP contribution in [0.25, 0.3) is 0 Å². The fraction of sp³-hybridized carbons (Fsp3) is 0.632. The van der Waals surface area contributed by atoms with Gasteiger partial charge in [0.2, 0.25) is 26.0 Å². The summed E-state index contributed by atoms with van der Waals surface area (Å²) in [6.45, 7) is 3.91. The molecule has 2 aliphatic heterocycles. The number of aryl methyl sites for hydroxylation is 1. The molecule has 0 spiro atoms. The van der Waals surface area contributed by atoms with Gasteiger partial charge in [-0.2, -0.15) is 8.61 Å². The minimum Gasteiger partial charge on any atom is -0.379 e. The molecule has 0 saturated carbocycles. The normalized spacial score (nSPS) is 20.2. The number of benzene rings is 1. The molecule has 2 heterocycles. The molecule has 0 atom stereocenters. The number of hydrogen-bond acceptors (Lipinski definition) is 6. The van der Waals surface area contributed by atoms with Gasteiger partial charge in [-0.05, 0) is 31.9 Å². The monoisotopic (exact) mass is 459 g/mol. The van der Waals surface area contributed by atoms with Crippen LogP contribution in [0.2, 0.25) is 0 Å². The predicted molar refractivity (Wildman–Crippen MR) is 112 cm³/mol. The number of rotatable bonds is 7. The first-order valence-electron chi connectivity index (χ1n) is 10.1. The SMILES string of the molecule is Cc1ccc(S(=O)(=O)N2CCC(C(=O)NCCS(=O)(=O)N3CCOCC3)CC2)cc1. The van der Waals surface area contributed by atoms with E-state index < -0.39 is 20.0 Å². The molecular weight excluding hydrogens is 430 g/mol. The van der Waals surface area contributed by atoms with E-state index in [4.69, 9.17) is 4.74 Å². The number of morpholine rings is 1. The highest BCUT2D eigenvalue weighted by molar-refractivity contribution is 7.89. The van der Waals surface area contributed by atoms with Crippen molar-refractivity contribution in [3.05, 3.63) is 29.8 Å². The number of hydrogen-bond donors (Lipinski definition) is 1. The number of piperidine rings is 1. The second-order valence-corrected chi connectivity index (χ2v) is 11.6. The average Bonchev–Trinajstić information content (AvgIpc) is 2.74. The van der Waals surface area contributed by atoms with Crippen molar-refractivity contribution in [1.29, 1.82) is 0 Å². The standard InChI is InChI=1S/C19H29N3O6S2/c1-16-2-4-18(5-3-16)30(26,27)22-9-6-17(7-10-22)19(23)20-8-15-29(24,25)21-11-13-28-14-12-21/h2-5,17H,6-15H2,1H3,(H,20,23). The minimum atomic E-state index is -3.57. The molecule has 2 aliphatic rings. The molecule has 1 aromatic carbocycles. The zero-order chi connectivity index (χ0) is 21.8. The van der Waals surface area contributed by atoms with Gasteiger partial charge in [0.05, 0.1) is 23.9 Å². The van der Waals surface area contributed by atoms with Gasteiger partial charge in [-0.3, -0.25) is 4.79 Å². The van der Waals surface area contributed by atoms with Crippen LogP contribution in [0.1, 0.15) is 18.4 Å². The van der Waals surface area contributed by atoms with Crippen LogP contribution in [-0.2, 0) is 29.6 Å². The van der Waals surface area contributed by atoms with Gasteiger partial charge in [0.15, 0.2) is 0 Å². The summed E-state index contributed by atoms with van der Waals surface area (Å²) in [4.78, 5) is 12.7. The second-order valence-electron chi connectivity index (χ2n) is 7.61. The maximum atomic E-state index is 12.8. The van der Waals surface area contributed by atoms with Gasteiger partial charge in [-0.1, -0.05) is 17.7 Å². The Morgan fingerprint density at radius 3 is 2.20 bits per heavy atom. The maximum absolute atomic E-state index is 12.8. The number of sulfonamides is 2. The van der Waals surface area contributed by atoms with Crippen molar-refractivity contribution in [2.45, 2.75) is 24.7 Å². The van der Waals surface area contributed by atoms with E-state index in [0.717, 1.165) is 5.56 Å². The molecule has 0 aliphatic carbocycles. The lowest BCUT2D eigenvalue weighted by atomic mass is 9.97. The zero-order valence-corrected chi connectivity index (χ0v) is 18.8. The van der Waals surface area contributed by atoms with Gasteiger partial charge in [0.25, 0.3) is 0 Å². The number of amides is 1. The van der Waals surface area contributed by atoms with Crippen LogP contribution in [0.5, 0.6) is 0 Å². The Hall–Kier alpha value is -1.53. The third-order valence-electron chi connectivity index (χ3n) is 5.51. The average molecular weight is 460 g/mol. The van der Waals surface area contributed by atoms with E-state index in [-0.39, 0.29) is 42.1 Å². The highest BCUT2D eigenvalue weighted by Crippen LogP contribution is 2.24. The number of nitrogens with one attached hydrogen (secondary N) is 1. The molecule has 168 valence electrons. The third kappa shape index (κ3) is 5.58. The first kappa shape index (κ1) is 23.1. The smallest absolute Gasteiger partial charge is 0.243 e. The van der Waals surface area contributed by atoms with Crippen molar-refractivity contribution in [2.24, 2.45) is 5.92 Å². The summed E-state index contributed by atoms with van der Waals surface area (Å²) in [7, 11) is -6.99. The van der Waals surface area contributed by atoms with Crippen molar-refractivity contribution in [3.8, 4) is 0 Å². The number of nitrogens with zero attached hydrogens (tertiary/aromatic N) is 2. The van der Waals surface area contributed by atoms with Crippen LogP contribution < -0.4 is 5.32 Å². The Kier molecular flexibility index (Phi) is 7.51. The highest BCUT2D eigenvalue weighted by Gasteiger charge is 2.32. The molecule has 9 nitrogen and oxygen atoms in total. The van der Waals surface area contributed by atoms with Gasteiger partial charge < -0.3 is 10.1 Å². The van der Waals surface area contributed by atoms with Gasteiger partial charge in [0, 0.05) is 38.6 Å². The summed E-state index contributed by atoms with van der Waals surface area (Å²) in [6, 6.07) is 6.72. The molecule has 0 unspecified atom stereocenters. The van der Waals surface area contributed by atoms with E-state index in [2.05, 4.69) is 5.32 Å². The number of carbonyl (C=O) groups is 1. The lowest BCUT2D eigenvalue weighted by molar-refractivity contribution is -0.125. The van der Waals surface area contributed by atoms with E-state index in [0.29, 0.717) is 39.1 Å². The summed E-state index contributed by atoms with van der Waals surface area (Å²) in [5.41, 5.74) is 0.986. The summed E-state index contributed by atoms with van der Waals surface area (Å²) >= 11 is 0. The van der Waals surface area contributed by atoms with E-state index >= 15 is 0 Å². The van der Waals surface area contributed by atoms with Gasteiger partial charge in [-0.15, -0.1) is 0 Å². The Morgan fingerprint density at radius 1 is 1.00 bits per heavy atom. The largest absolute Gasteiger partial charge is 0.379 e. The minimum absolute atomic E-state index is 0.0421. The maximum Gasteiger partial charge on any atom is 0.243 e. The highest BCUT2D eigenvalue weighted by atomic mass is 32.2.